The van der Waals surface area contributed by atoms with Crippen LogP contribution in [-0.2, 0) is 6.42 Å². The lowest BCUT2D eigenvalue weighted by atomic mass is 10.0. The van der Waals surface area contributed by atoms with Crippen LogP contribution in [0, 0.1) is 0 Å². The van der Waals surface area contributed by atoms with Crippen LogP contribution in [-0.4, -0.2) is 6.54 Å². The van der Waals surface area contributed by atoms with Crippen molar-refractivity contribution in [3.8, 4) is 0 Å². The zero-order valence-corrected chi connectivity index (χ0v) is 7.89. The molecule has 3 heteroatoms. The van der Waals surface area contributed by atoms with Gasteiger partial charge in [-0.15, -0.1) is 0 Å². The molecule has 0 spiro atoms. The van der Waals surface area contributed by atoms with Crippen LogP contribution in [0.3, 0.4) is 0 Å². The number of rotatable bonds is 1. The number of halogens is 2. The molecule has 0 radical (unpaired) electrons. The van der Waals surface area contributed by atoms with E-state index in [4.69, 9.17) is 0 Å². The van der Waals surface area contributed by atoms with E-state index < -0.39 is 6.43 Å². The standard InChI is InChI=1S/C11H13F2N/c12-11(13)9-5-3-6-10-8(9)4-1-2-7-14-10/h3,5-6,11,14H,1-2,4,7H2. The molecule has 0 bridgehead atoms. The zero-order chi connectivity index (χ0) is 9.97. The van der Waals surface area contributed by atoms with Crippen LogP contribution in [0.5, 0.6) is 0 Å². The minimum atomic E-state index is -2.36. The van der Waals surface area contributed by atoms with Gasteiger partial charge in [0.05, 0.1) is 0 Å². The first kappa shape index (κ1) is 9.44. The van der Waals surface area contributed by atoms with Crippen molar-refractivity contribution in [2.75, 3.05) is 11.9 Å². The Morgan fingerprint density at radius 3 is 2.86 bits per heavy atom. The maximum atomic E-state index is 12.7. The summed E-state index contributed by atoms with van der Waals surface area (Å²) in [5.41, 5.74) is 1.89. The van der Waals surface area contributed by atoms with Crippen LogP contribution in [0.2, 0.25) is 0 Å². The molecule has 0 amide bonds. The molecule has 1 aliphatic rings. The molecule has 1 aromatic rings. The van der Waals surface area contributed by atoms with Gasteiger partial charge in [0.25, 0.3) is 6.43 Å². The molecule has 14 heavy (non-hydrogen) atoms. The third-order valence-electron chi connectivity index (χ3n) is 2.62. The first-order valence-electron chi connectivity index (χ1n) is 4.93. The fourth-order valence-corrected chi connectivity index (χ4v) is 1.90. The molecule has 0 aliphatic carbocycles. The Labute approximate surface area is 82.1 Å². The molecule has 0 aromatic heterocycles. The van der Waals surface area contributed by atoms with E-state index in [0.29, 0.717) is 0 Å². The molecule has 0 atom stereocenters. The van der Waals surface area contributed by atoms with Gasteiger partial charge in [-0.1, -0.05) is 12.1 Å². The lowest BCUT2D eigenvalue weighted by Gasteiger charge is -2.11. The van der Waals surface area contributed by atoms with Crippen LogP contribution in [0.1, 0.15) is 30.4 Å². The third-order valence-corrected chi connectivity index (χ3v) is 2.62. The zero-order valence-electron chi connectivity index (χ0n) is 7.89. The molecule has 2 rings (SSSR count). The smallest absolute Gasteiger partial charge is 0.264 e. The molecule has 0 saturated heterocycles. The van der Waals surface area contributed by atoms with E-state index in [-0.39, 0.29) is 5.56 Å². The van der Waals surface area contributed by atoms with E-state index in [1.54, 1.807) is 6.07 Å². The molecule has 0 saturated carbocycles. The summed E-state index contributed by atoms with van der Waals surface area (Å²) in [5.74, 6) is 0. The maximum Gasteiger partial charge on any atom is 0.264 e. The normalized spacial score (nSPS) is 15.9. The number of alkyl halides is 2. The highest BCUT2D eigenvalue weighted by Gasteiger charge is 2.16. The molecule has 1 aliphatic heterocycles. The quantitative estimate of drug-likeness (QED) is 0.727. The molecule has 1 heterocycles. The molecule has 0 unspecified atom stereocenters. The summed E-state index contributed by atoms with van der Waals surface area (Å²) < 4.78 is 25.3. The second kappa shape index (κ2) is 3.95. The van der Waals surface area contributed by atoms with E-state index in [2.05, 4.69) is 5.32 Å². The Bertz CT molecular complexity index is 323. The topological polar surface area (TPSA) is 12.0 Å². The number of anilines is 1. The van der Waals surface area contributed by atoms with Gasteiger partial charge < -0.3 is 5.32 Å². The van der Waals surface area contributed by atoms with Gasteiger partial charge in [0, 0.05) is 17.8 Å². The number of nitrogens with one attached hydrogen (secondary N) is 1. The van der Waals surface area contributed by atoms with Crippen molar-refractivity contribution in [2.45, 2.75) is 25.7 Å². The van der Waals surface area contributed by atoms with E-state index in [0.717, 1.165) is 37.1 Å². The Balaban J connectivity index is 2.42. The van der Waals surface area contributed by atoms with Crippen molar-refractivity contribution in [2.24, 2.45) is 0 Å². The molecule has 1 N–H and O–H groups in total. The Morgan fingerprint density at radius 1 is 1.21 bits per heavy atom. The number of hydrogen-bond donors (Lipinski definition) is 1. The lowest BCUT2D eigenvalue weighted by molar-refractivity contribution is 0.150. The molecule has 1 nitrogen and oxygen atoms in total. The predicted molar refractivity (Wildman–Crippen MR) is 52.8 cm³/mol. The largest absolute Gasteiger partial charge is 0.385 e. The first-order valence-corrected chi connectivity index (χ1v) is 4.93. The van der Waals surface area contributed by atoms with Crippen molar-refractivity contribution in [3.63, 3.8) is 0 Å². The fraction of sp³-hybridized carbons (Fsp3) is 0.455. The van der Waals surface area contributed by atoms with Gasteiger partial charge in [-0.25, -0.2) is 8.78 Å². The van der Waals surface area contributed by atoms with Crippen LogP contribution < -0.4 is 5.32 Å². The molecule has 0 fully saturated rings. The Kier molecular flexibility index (Phi) is 2.66. The van der Waals surface area contributed by atoms with Gasteiger partial charge in [0.1, 0.15) is 0 Å². The van der Waals surface area contributed by atoms with Gasteiger partial charge in [-0.3, -0.25) is 0 Å². The summed E-state index contributed by atoms with van der Waals surface area (Å²) in [6.45, 7) is 0.889. The van der Waals surface area contributed by atoms with E-state index >= 15 is 0 Å². The minimum absolute atomic E-state index is 0.192. The molecule has 76 valence electrons. The van der Waals surface area contributed by atoms with Crippen LogP contribution in [0.25, 0.3) is 0 Å². The van der Waals surface area contributed by atoms with Crippen LogP contribution in [0.4, 0.5) is 14.5 Å². The van der Waals surface area contributed by atoms with Crippen molar-refractivity contribution in [1.82, 2.24) is 0 Å². The Morgan fingerprint density at radius 2 is 2.07 bits per heavy atom. The average molecular weight is 197 g/mol. The van der Waals surface area contributed by atoms with Crippen LogP contribution >= 0.6 is 0 Å². The highest BCUT2D eigenvalue weighted by atomic mass is 19.3. The SMILES string of the molecule is FC(F)c1cccc2c1CCCCN2. The molecule has 1 aromatic carbocycles. The van der Waals surface area contributed by atoms with Crippen LogP contribution in [0.15, 0.2) is 18.2 Å². The fourth-order valence-electron chi connectivity index (χ4n) is 1.90. The first-order chi connectivity index (χ1) is 6.79. The molecular weight excluding hydrogens is 184 g/mol. The van der Waals surface area contributed by atoms with Crippen molar-refractivity contribution < 1.29 is 8.78 Å². The van der Waals surface area contributed by atoms with Gasteiger partial charge in [0.15, 0.2) is 0 Å². The van der Waals surface area contributed by atoms with E-state index in [1.165, 1.54) is 6.07 Å². The molecular formula is C11H13F2N. The summed E-state index contributed by atoms with van der Waals surface area (Å²) in [4.78, 5) is 0. The number of fused-ring (bicyclic) bond motifs is 1. The predicted octanol–water partition coefficient (Wildman–Crippen LogP) is 3.37. The van der Waals surface area contributed by atoms with Gasteiger partial charge in [0.2, 0.25) is 0 Å². The number of hydrogen-bond acceptors (Lipinski definition) is 1. The monoisotopic (exact) mass is 197 g/mol. The van der Waals surface area contributed by atoms with E-state index in [1.807, 2.05) is 6.07 Å². The third kappa shape index (κ3) is 1.72. The summed E-state index contributed by atoms with van der Waals surface area (Å²) in [5, 5.41) is 3.19. The van der Waals surface area contributed by atoms with Crippen molar-refractivity contribution in [3.05, 3.63) is 29.3 Å². The van der Waals surface area contributed by atoms with Gasteiger partial charge in [-0.2, -0.15) is 0 Å². The lowest BCUT2D eigenvalue weighted by Crippen LogP contribution is -2.01. The summed E-state index contributed by atoms with van der Waals surface area (Å²) >= 11 is 0. The Hall–Kier alpha value is -1.12. The highest BCUT2D eigenvalue weighted by Crippen LogP contribution is 2.31. The second-order valence-corrected chi connectivity index (χ2v) is 3.56. The average Bonchev–Trinajstić information content (AvgIpc) is 2.41. The van der Waals surface area contributed by atoms with Crippen molar-refractivity contribution in [1.29, 1.82) is 0 Å². The van der Waals surface area contributed by atoms with E-state index in [9.17, 15) is 8.78 Å². The van der Waals surface area contributed by atoms with Gasteiger partial charge >= 0.3 is 0 Å². The summed E-state index contributed by atoms with van der Waals surface area (Å²) in [6, 6.07) is 5.10. The number of benzene rings is 1. The van der Waals surface area contributed by atoms with Crippen molar-refractivity contribution >= 4 is 5.69 Å². The highest BCUT2D eigenvalue weighted by molar-refractivity contribution is 5.55. The van der Waals surface area contributed by atoms with Gasteiger partial charge in [-0.05, 0) is 30.9 Å². The summed E-state index contributed by atoms with van der Waals surface area (Å²) in [6.07, 6.45) is 0.453. The summed E-state index contributed by atoms with van der Waals surface area (Å²) in [7, 11) is 0. The minimum Gasteiger partial charge on any atom is -0.385 e. The second-order valence-electron chi connectivity index (χ2n) is 3.56. The maximum absolute atomic E-state index is 12.7.